The molecule has 0 saturated heterocycles. The van der Waals surface area contributed by atoms with Crippen LogP contribution >= 0.6 is 0 Å². The summed E-state index contributed by atoms with van der Waals surface area (Å²) in [6.07, 6.45) is 5.24. The summed E-state index contributed by atoms with van der Waals surface area (Å²) >= 11 is 0. The van der Waals surface area contributed by atoms with Gasteiger partial charge in [-0.2, -0.15) is 0 Å². The first-order valence-corrected chi connectivity index (χ1v) is 11.0. The number of pyridine rings is 1. The highest BCUT2D eigenvalue weighted by Crippen LogP contribution is 2.17. The van der Waals surface area contributed by atoms with Gasteiger partial charge >= 0.3 is 11.9 Å². The SMILES string of the molecule is NC(=O)c1c(COC(=O)/C=C/c2ccccc2O)no[n+]1[O-].NC(=O)c1c(COC(=O)c2cccnc2)no[n+]1[O-]. The number of carbonyl (C=O) groups is 4. The van der Waals surface area contributed by atoms with Gasteiger partial charge in [0.05, 0.1) is 5.56 Å². The third kappa shape index (κ3) is 7.83. The van der Waals surface area contributed by atoms with E-state index in [2.05, 4.69) is 24.6 Å². The lowest BCUT2D eigenvalue weighted by atomic mass is 10.2. The number of aromatic hydroxyl groups is 1. The first kappa shape index (κ1) is 29.2. The van der Waals surface area contributed by atoms with Gasteiger partial charge in [-0.3, -0.25) is 23.8 Å². The Labute approximate surface area is 228 Å². The van der Waals surface area contributed by atoms with E-state index in [1.807, 2.05) is 0 Å². The molecule has 0 saturated carbocycles. The smallest absolute Gasteiger partial charge is 0.340 e. The van der Waals surface area contributed by atoms with E-state index < -0.39 is 48.4 Å². The van der Waals surface area contributed by atoms with Crippen molar-refractivity contribution >= 4 is 29.8 Å². The van der Waals surface area contributed by atoms with E-state index >= 15 is 0 Å². The van der Waals surface area contributed by atoms with Crippen molar-refractivity contribution in [3.63, 3.8) is 0 Å². The Morgan fingerprint density at radius 3 is 2.02 bits per heavy atom. The zero-order valence-electron chi connectivity index (χ0n) is 20.6. The van der Waals surface area contributed by atoms with Crippen molar-refractivity contribution in [3.05, 3.63) is 99.2 Å². The van der Waals surface area contributed by atoms with Crippen LogP contribution in [0.3, 0.4) is 0 Å². The third-order valence-electron chi connectivity index (χ3n) is 4.75. The summed E-state index contributed by atoms with van der Waals surface area (Å²) in [5.74, 6) is -3.51. The predicted octanol–water partition coefficient (Wildman–Crippen LogP) is -0.972. The van der Waals surface area contributed by atoms with Gasteiger partial charge in [-0.05, 0) is 34.1 Å². The molecule has 3 aromatic heterocycles. The minimum Gasteiger partial charge on any atom is -0.507 e. The Bertz CT molecular complexity index is 1580. The normalized spacial score (nSPS) is 10.4. The number of nitrogens with zero attached hydrogens (tertiary/aromatic N) is 5. The number of hydrogen-bond acceptors (Lipinski definition) is 14. The molecule has 0 spiro atoms. The number of esters is 2. The van der Waals surface area contributed by atoms with Crippen molar-refractivity contribution in [1.82, 2.24) is 15.3 Å². The largest absolute Gasteiger partial charge is 0.507 e. The molecule has 0 atom stereocenters. The lowest BCUT2D eigenvalue weighted by molar-refractivity contribution is -0.803. The summed E-state index contributed by atoms with van der Waals surface area (Å²) in [4.78, 5) is 48.5. The Kier molecular flexibility index (Phi) is 9.60. The van der Waals surface area contributed by atoms with Crippen molar-refractivity contribution in [1.29, 1.82) is 0 Å². The Hall–Kier alpha value is -6.33. The highest BCUT2D eigenvalue weighted by molar-refractivity contribution is 5.91. The molecule has 18 nitrogen and oxygen atoms in total. The fourth-order valence-corrected chi connectivity index (χ4v) is 2.88. The molecule has 18 heteroatoms. The second-order valence-corrected chi connectivity index (χ2v) is 7.50. The van der Waals surface area contributed by atoms with Crippen LogP contribution in [0, 0.1) is 10.4 Å². The molecule has 0 unspecified atom stereocenters. The molecule has 0 radical (unpaired) electrons. The number of primary amides is 2. The predicted molar refractivity (Wildman–Crippen MR) is 128 cm³/mol. The number of rotatable bonds is 9. The lowest BCUT2D eigenvalue weighted by Crippen LogP contribution is -2.35. The second kappa shape index (κ2) is 13.5. The molecule has 4 rings (SSSR count). The number of para-hydroxylation sites is 1. The average molecular weight is 569 g/mol. The number of benzene rings is 1. The van der Waals surface area contributed by atoms with Gasteiger partial charge in [-0.25, -0.2) is 9.59 Å². The minimum absolute atomic E-state index is 0.00598. The van der Waals surface area contributed by atoms with Crippen LogP contribution < -0.4 is 21.3 Å². The van der Waals surface area contributed by atoms with Crippen LogP contribution in [0.1, 0.15) is 48.3 Å². The van der Waals surface area contributed by atoms with Gasteiger partial charge in [0.1, 0.15) is 5.75 Å². The fraction of sp³-hybridized carbons (Fsp3) is 0.0870. The average Bonchev–Trinajstić information content (AvgIpc) is 3.52. The topological polar surface area (TPSA) is 278 Å². The summed E-state index contributed by atoms with van der Waals surface area (Å²) in [5.41, 5.74) is 9.22. The zero-order chi connectivity index (χ0) is 29.9. The number of aromatic nitrogens is 5. The summed E-state index contributed by atoms with van der Waals surface area (Å²) in [5, 5.41) is 38.2. The van der Waals surface area contributed by atoms with Crippen LogP contribution in [-0.2, 0) is 27.5 Å². The number of phenolic OH excluding ortho intramolecular Hbond substituents is 1. The quantitative estimate of drug-likeness (QED) is 0.124. The minimum atomic E-state index is -1.05. The maximum atomic E-state index is 11.6. The fourth-order valence-electron chi connectivity index (χ4n) is 2.88. The maximum Gasteiger partial charge on any atom is 0.340 e. The van der Waals surface area contributed by atoms with E-state index in [1.54, 1.807) is 24.3 Å². The van der Waals surface area contributed by atoms with Crippen LogP contribution in [0.25, 0.3) is 6.08 Å². The van der Waals surface area contributed by atoms with E-state index in [9.17, 15) is 34.7 Å². The molecule has 4 aromatic rings. The van der Waals surface area contributed by atoms with Crippen LogP contribution in [-0.4, -0.2) is 44.2 Å². The third-order valence-corrected chi connectivity index (χ3v) is 4.75. The molecule has 212 valence electrons. The Balaban J connectivity index is 0.000000228. The van der Waals surface area contributed by atoms with Crippen molar-refractivity contribution in [3.8, 4) is 5.75 Å². The van der Waals surface area contributed by atoms with Crippen molar-refractivity contribution < 1.29 is 52.8 Å². The molecule has 41 heavy (non-hydrogen) atoms. The Morgan fingerprint density at radius 1 is 0.902 bits per heavy atom. The number of nitrogens with two attached hydrogens (primary N) is 2. The van der Waals surface area contributed by atoms with Gasteiger partial charge in [0.2, 0.25) is 0 Å². The number of carbonyl (C=O) groups excluding carboxylic acids is 4. The van der Waals surface area contributed by atoms with Crippen LogP contribution in [0.2, 0.25) is 0 Å². The molecular weight excluding hydrogens is 550 g/mol. The van der Waals surface area contributed by atoms with E-state index in [0.29, 0.717) is 5.56 Å². The van der Waals surface area contributed by atoms with Crippen molar-refractivity contribution in [2.45, 2.75) is 13.2 Å². The number of hydrogen-bond donors (Lipinski definition) is 3. The number of phenols is 1. The van der Waals surface area contributed by atoms with Gasteiger partial charge in [-0.15, -0.1) is 0 Å². The zero-order valence-corrected chi connectivity index (χ0v) is 20.6. The first-order chi connectivity index (χ1) is 19.6. The standard InChI is InChI=1S/C13H11N3O6.C10H8N4O5/c14-13(19)12-9(15-22-16(12)20)7-21-11(18)6-5-8-3-1-2-4-10(8)17;11-9(15)8-7(13-19-14(8)17)5-18-10(16)6-2-1-3-12-4-6/h1-6,17H,7H2,(H2,14,19);1-4H,5H2,(H2,11,15)/b6-5+;. The second-order valence-electron chi connectivity index (χ2n) is 7.50. The molecule has 5 N–H and O–H groups in total. The van der Waals surface area contributed by atoms with E-state index in [1.165, 1.54) is 30.6 Å². The van der Waals surface area contributed by atoms with E-state index in [4.69, 9.17) is 20.9 Å². The molecule has 0 aliphatic heterocycles. The van der Waals surface area contributed by atoms with E-state index in [-0.39, 0.29) is 32.5 Å². The number of amides is 2. The van der Waals surface area contributed by atoms with Crippen molar-refractivity contribution in [2.24, 2.45) is 11.5 Å². The molecule has 1 aromatic carbocycles. The molecule has 0 aliphatic rings. The summed E-state index contributed by atoms with van der Waals surface area (Å²) in [6, 6.07) is 9.45. The summed E-state index contributed by atoms with van der Waals surface area (Å²) in [6.45, 7) is -0.869. The monoisotopic (exact) mass is 569 g/mol. The highest BCUT2D eigenvalue weighted by atomic mass is 16.8. The maximum absolute atomic E-state index is 11.6. The van der Waals surface area contributed by atoms with Gasteiger partial charge in [-0.1, -0.05) is 18.2 Å². The van der Waals surface area contributed by atoms with Gasteiger partial charge in [0.15, 0.2) is 13.2 Å². The molecule has 0 fully saturated rings. The molecule has 0 aliphatic carbocycles. The van der Waals surface area contributed by atoms with Crippen molar-refractivity contribution in [2.75, 3.05) is 0 Å². The summed E-state index contributed by atoms with van der Waals surface area (Å²) in [7, 11) is 0. The van der Waals surface area contributed by atoms with Crippen LogP contribution in [0.5, 0.6) is 5.75 Å². The van der Waals surface area contributed by atoms with Gasteiger partial charge < -0.3 is 36.5 Å². The van der Waals surface area contributed by atoms with Gasteiger partial charge in [0, 0.05) is 34.3 Å². The first-order valence-electron chi connectivity index (χ1n) is 11.0. The molecule has 2 amide bonds. The van der Waals surface area contributed by atoms with Gasteiger partial charge in [0.25, 0.3) is 34.6 Å². The molecule has 0 bridgehead atoms. The van der Waals surface area contributed by atoms with E-state index in [0.717, 1.165) is 6.08 Å². The molecular formula is C23H19N7O11. The molecule has 3 heterocycles. The van der Waals surface area contributed by atoms with Crippen LogP contribution in [0.15, 0.2) is 64.1 Å². The lowest BCUT2D eigenvalue weighted by Gasteiger charge is -2.00. The van der Waals surface area contributed by atoms with Crippen LogP contribution in [0.4, 0.5) is 0 Å². The summed E-state index contributed by atoms with van der Waals surface area (Å²) < 4.78 is 18.1. The highest BCUT2D eigenvalue weighted by Gasteiger charge is 2.26. The Morgan fingerprint density at radius 2 is 1.49 bits per heavy atom. The number of ether oxygens (including phenoxy) is 2.